The highest BCUT2D eigenvalue weighted by Gasteiger charge is 2.07. The Morgan fingerprint density at radius 3 is 2.67 bits per heavy atom. The monoisotopic (exact) mass is 202 g/mol. The van der Waals surface area contributed by atoms with Gasteiger partial charge in [0.15, 0.2) is 0 Å². The molecule has 0 aliphatic heterocycles. The minimum Gasteiger partial charge on any atom is -0.278 e. The van der Waals surface area contributed by atoms with Gasteiger partial charge in [-0.1, -0.05) is 18.9 Å². The van der Waals surface area contributed by atoms with E-state index >= 15 is 0 Å². The van der Waals surface area contributed by atoms with Crippen molar-refractivity contribution in [2.45, 2.75) is 32.4 Å². The van der Waals surface area contributed by atoms with Crippen LogP contribution in [0.1, 0.15) is 22.5 Å². The molecule has 1 rings (SSSR count). The second-order valence-corrected chi connectivity index (χ2v) is 5.26. The largest absolute Gasteiger partial charge is 0.278 e. The van der Waals surface area contributed by atoms with E-state index in [1.54, 1.807) is 11.3 Å². The van der Waals surface area contributed by atoms with Crippen LogP contribution in [-0.4, -0.2) is 10.2 Å². The number of aromatic nitrogens is 1. The SMILES string of the molecule is Cc1nc(CC(C)SN)sc1C. The molecule has 0 aliphatic carbocycles. The summed E-state index contributed by atoms with van der Waals surface area (Å²) >= 11 is 3.18. The summed E-state index contributed by atoms with van der Waals surface area (Å²) < 4.78 is 0. The Labute approximate surface area is 81.7 Å². The van der Waals surface area contributed by atoms with Gasteiger partial charge in [-0.3, -0.25) is 5.14 Å². The van der Waals surface area contributed by atoms with Gasteiger partial charge >= 0.3 is 0 Å². The molecule has 4 heteroatoms. The van der Waals surface area contributed by atoms with Crippen LogP contribution < -0.4 is 5.14 Å². The molecular weight excluding hydrogens is 188 g/mol. The van der Waals surface area contributed by atoms with Gasteiger partial charge in [-0.2, -0.15) is 0 Å². The van der Waals surface area contributed by atoms with Crippen LogP contribution in [0, 0.1) is 13.8 Å². The molecule has 0 saturated heterocycles. The van der Waals surface area contributed by atoms with E-state index in [0.717, 1.165) is 12.1 Å². The molecule has 2 nitrogen and oxygen atoms in total. The lowest BCUT2D eigenvalue weighted by atomic mass is 10.3. The summed E-state index contributed by atoms with van der Waals surface area (Å²) in [6, 6.07) is 0. The molecule has 1 atom stereocenters. The van der Waals surface area contributed by atoms with Crippen molar-refractivity contribution in [2.75, 3.05) is 0 Å². The predicted molar refractivity (Wildman–Crippen MR) is 56.5 cm³/mol. The number of rotatable bonds is 3. The van der Waals surface area contributed by atoms with Gasteiger partial charge < -0.3 is 0 Å². The molecule has 0 amide bonds. The summed E-state index contributed by atoms with van der Waals surface area (Å²) in [7, 11) is 0. The molecule has 1 heterocycles. The van der Waals surface area contributed by atoms with Crippen LogP contribution >= 0.6 is 23.3 Å². The van der Waals surface area contributed by atoms with Gasteiger partial charge in [0.05, 0.1) is 10.7 Å². The summed E-state index contributed by atoms with van der Waals surface area (Å²) in [4.78, 5) is 5.77. The second-order valence-electron chi connectivity index (χ2n) is 2.90. The summed E-state index contributed by atoms with van der Waals surface area (Å²) in [5.41, 5.74) is 1.16. The van der Waals surface area contributed by atoms with Gasteiger partial charge in [0.2, 0.25) is 0 Å². The van der Waals surface area contributed by atoms with Crippen molar-refractivity contribution < 1.29 is 0 Å². The van der Waals surface area contributed by atoms with Crippen molar-refractivity contribution >= 4 is 23.3 Å². The van der Waals surface area contributed by atoms with Gasteiger partial charge in [-0.25, -0.2) is 4.98 Å². The highest BCUT2D eigenvalue weighted by Crippen LogP contribution is 2.19. The Morgan fingerprint density at radius 2 is 2.25 bits per heavy atom. The van der Waals surface area contributed by atoms with Crippen LogP contribution in [0.15, 0.2) is 0 Å². The molecule has 0 aliphatic rings. The van der Waals surface area contributed by atoms with E-state index in [2.05, 4.69) is 25.8 Å². The van der Waals surface area contributed by atoms with Crippen molar-refractivity contribution in [2.24, 2.45) is 5.14 Å². The zero-order chi connectivity index (χ0) is 9.14. The first-order valence-corrected chi connectivity index (χ1v) is 5.68. The fourth-order valence-corrected chi connectivity index (χ4v) is 2.34. The number of nitrogens with two attached hydrogens (primary N) is 1. The lowest BCUT2D eigenvalue weighted by Crippen LogP contribution is -2.03. The van der Waals surface area contributed by atoms with Crippen molar-refractivity contribution in [1.29, 1.82) is 0 Å². The average Bonchev–Trinajstić information content (AvgIpc) is 2.31. The van der Waals surface area contributed by atoms with E-state index in [4.69, 9.17) is 5.14 Å². The standard InChI is InChI=1S/C8H14N2S2/c1-5(12-9)4-8-10-6(2)7(3)11-8/h5H,4,9H2,1-3H3. The normalized spacial score (nSPS) is 13.3. The molecule has 12 heavy (non-hydrogen) atoms. The molecular formula is C8H14N2S2. The highest BCUT2D eigenvalue weighted by molar-refractivity contribution is 7.97. The summed E-state index contributed by atoms with van der Waals surface area (Å²) in [5.74, 6) is 0. The maximum absolute atomic E-state index is 5.46. The summed E-state index contributed by atoms with van der Waals surface area (Å²) in [5, 5.41) is 7.13. The molecule has 1 aromatic heterocycles. The zero-order valence-corrected chi connectivity index (χ0v) is 9.26. The number of thiazole rings is 1. The van der Waals surface area contributed by atoms with Gasteiger partial charge in [0.25, 0.3) is 0 Å². The second kappa shape index (κ2) is 4.25. The van der Waals surface area contributed by atoms with Gasteiger partial charge in [0, 0.05) is 16.5 Å². The molecule has 1 unspecified atom stereocenters. The third kappa shape index (κ3) is 2.47. The molecule has 0 saturated carbocycles. The molecule has 0 fully saturated rings. The fourth-order valence-electron chi connectivity index (χ4n) is 0.920. The first-order valence-electron chi connectivity index (χ1n) is 3.92. The lowest BCUT2D eigenvalue weighted by Gasteiger charge is -2.02. The van der Waals surface area contributed by atoms with Gasteiger partial charge in [-0.15, -0.1) is 11.3 Å². The van der Waals surface area contributed by atoms with Crippen molar-refractivity contribution in [3.05, 3.63) is 15.6 Å². The molecule has 1 aromatic rings. The Kier molecular flexibility index (Phi) is 3.55. The molecule has 0 radical (unpaired) electrons. The maximum Gasteiger partial charge on any atom is 0.0942 e. The summed E-state index contributed by atoms with van der Waals surface area (Å²) in [6.45, 7) is 6.28. The molecule has 0 spiro atoms. The van der Waals surface area contributed by atoms with E-state index < -0.39 is 0 Å². The Bertz CT molecular complexity index is 238. The highest BCUT2D eigenvalue weighted by atomic mass is 32.2. The fraction of sp³-hybridized carbons (Fsp3) is 0.625. The van der Waals surface area contributed by atoms with Crippen LogP contribution in [0.5, 0.6) is 0 Å². The first kappa shape index (κ1) is 10.0. The van der Waals surface area contributed by atoms with Gasteiger partial charge in [-0.05, 0) is 13.8 Å². The van der Waals surface area contributed by atoms with Crippen LogP contribution in [0.25, 0.3) is 0 Å². The predicted octanol–water partition coefficient (Wildman–Crippen LogP) is 2.30. The Hall–Kier alpha value is -0.0600. The third-order valence-electron chi connectivity index (χ3n) is 1.77. The molecule has 68 valence electrons. The number of aryl methyl sites for hydroxylation is 2. The Morgan fingerprint density at radius 1 is 1.58 bits per heavy atom. The lowest BCUT2D eigenvalue weighted by molar-refractivity contribution is 0.922. The topological polar surface area (TPSA) is 38.9 Å². The van der Waals surface area contributed by atoms with Crippen LogP contribution in [0.3, 0.4) is 0 Å². The molecule has 0 bridgehead atoms. The number of hydrogen-bond donors (Lipinski definition) is 1. The van der Waals surface area contributed by atoms with Crippen molar-refractivity contribution in [3.8, 4) is 0 Å². The maximum atomic E-state index is 5.46. The smallest absolute Gasteiger partial charge is 0.0942 e. The minimum absolute atomic E-state index is 0.468. The average molecular weight is 202 g/mol. The summed E-state index contributed by atoms with van der Waals surface area (Å²) in [6.07, 6.45) is 0.987. The number of nitrogens with zero attached hydrogens (tertiary/aromatic N) is 1. The van der Waals surface area contributed by atoms with E-state index in [-0.39, 0.29) is 0 Å². The van der Waals surface area contributed by atoms with E-state index in [9.17, 15) is 0 Å². The zero-order valence-electron chi connectivity index (χ0n) is 7.63. The third-order valence-corrected chi connectivity index (χ3v) is 3.49. The molecule has 2 N–H and O–H groups in total. The van der Waals surface area contributed by atoms with Crippen LogP contribution in [0.2, 0.25) is 0 Å². The van der Waals surface area contributed by atoms with E-state index in [1.807, 2.05) is 0 Å². The quantitative estimate of drug-likeness (QED) is 0.764. The molecule has 0 aromatic carbocycles. The van der Waals surface area contributed by atoms with E-state index in [1.165, 1.54) is 21.8 Å². The Balaban J connectivity index is 2.64. The van der Waals surface area contributed by atoms with Crippen LogP contribution in [0.4, 0.5) is 0 Å². The minimum atomic E-state index is 0.468. The van der Waals surface area contributed by atoms with Crippen molar-refractivity contribution in [3.63, 3.8) is 0 Å². The number of hydrogen-bond acceptors (Lipinski definition) is 4. The van der Waals surface area contributed by atoms with E-state index in [0.29, 0.717) is 5.25 Å². The van der Waals surface area contributed by atoms with Crippen molar-refractivity contribution in [1.82, 2.24) is 4.98 Å². The van der Waals surface area contributed by atoms with Crippen LogP contribution in [-0.2, 0) is 6.42 Å². The first-order chi connectivity index (χ1) is 5.63. The van der Waals surface area contributed by atoms with Gasteiger partial charge in [0.1, 0.15) is 0 Å².